The van der Waals surface area contributed by atoms with Crippen LogP contribution in [-0.2, 0) is 6.54 Å². The van der Waals surface area contributed by atoms with E-state index < -0.39 is 0 Å². The monoisotopic (exact) mass is 303 g/mol. The molecule has 0 saturated heterocycles. The molecule has 0 aliphatic carbocycles. The molecular formula is C13H17N7S. The summed E-state index contributed by atoms with van der Waals surface area (Å²) in [5.74, 6) is 6.67. The summed E-state index contributed by atoms with van der Waals surface area (Å²) in [6, 6.07) is 2.02. The molecule has 0 atom stereocenters. The Morgan fingerprint density at radius 2 is 2.24 bits per heavy atom. The highest BCUT2D eigenvalue weighted by molar-refractivity contribution is 7.16. The fraction of sp³-hybridized carbons (Fsp3) is 0.308. The fourth-order valence-corrected chi connectivity index (χ4v) is 2.86. The summed E-state index contributed by atoms with van der Waals surface area (Å²) in [5, 5.41) is 6.40. The number of aromatic nitrogens is 4. The SMILES string of the molecule is NNc1nc(NCCCCn2ccnc2)c2ccsc2n1. The molecule has 0 aromatic carbocycles. The van der Waals surface area contributed by atoms with Gasteiger partial charge in [0.05, 0.1) is 11.7 Å². The summed E-state index contributed by atoms with van der Waals surface area (Å²) in [6.45, 7) is 1.84. The van der Waals surface area contributed by atoms with Crippen LogP contribution in [0.1, 0.15) is 12.8 Å². The second-order valence-electron chi connectivity index (χ2n) is 4.61. The molecule has 3 aromatic rings. The molecule has 0 unspecified atom stereocenters. The number of rotatable bonds is 7. The van der Waals surface area contributed by atoms with Crippen LogP contribution in [0.5, 0.6) is 0 Å². The maximum atomic E-state index is 5.40. The smallest absolute Gasteiger partial charge is 0.240 e. The Bertz CT molecular complexity index is 692. The van der Waals surface area contributed by atoms with Gasteiger partial charge in [-0.1, -0.05) is 0 Å². The molecule has 0 aliphatic heterocycles. The lowest BCUT2D eigenvalue weighted by Crippen LogP contribution is -2.12. The van der Waals surface area contributed by atoms with Crippen LogP contribution in [0, 0.1) is 0 Å². The summed E-state index contributed by atoms with van der Waals surface area (Å²) >= 11 is 1.58. The molecule has 4 N–H and O–H groups in total. The first-order chi connectivity index (χ1) is 10.4. The topological polar surface area (TPSA) is 93.7 Å². The predicted octanol–water partition coefficient (Wildman–Crippen LogP) is 2.07. The summed E-state index contributed by atoms with van der Waals surface area (Å²) in [7, 11) is 0. The van der Waals surface area contributed by atoms with E-state index in [1.807, 2.05) is 24.0 Å². The van der Waals surface area contributed by atoms with E-state index in [-0.39, 0.29) is 0 Å². The van der Waals surface area contributed by atoms with Crippen molar-refractivity contribution in [2.24, 2.45) is 5.84 Å². The molecule has 3 aromatic heterocycles. The van der Waals surface area contributed by atoms with Crippen molar-refractivity contribution in [1.29, 1.82) is 0 Å². The van der Waals surface area contributed by atoms with Crippen LogP contribution < -0.4 is 16.6 Å². The second-order valence-corrected chi connectivity index (χ2v) is 5.51. The zero-order valence-electron chi connectivity index (χ0n) is 11.5. The van der Waals surface area contributed by atoms with Gasteiger partial charge in [0.25, 0.3) is 0 Å². The van der Waals surface area contributed by atoms with Gasteiger partial charge in [0, 0.05) is 25.5 Å². The summed E-state index contributed by atoms with van der Waals surface area (Å²) in [6.07, 6.45) is 7.76. The lowest BCUT2D eigenvalue weighted by Gasteiger charge is -2.08. The number of unbranched alkanes of at least 4 members (excludes halogenated alkanes) is 1. The zero-order chi connectivity index (χ0) is 14.5. The van der Waals surface area contributed by atoms with Crippen molar-refractivity contribution in [1.82, 2.24) is 19.5 Å². The van der Waals surface area contributed by atoms with E-state index in [0.29, 0.717) is 5.95 Å². The van der Waals surface area contributed by atoms with Crippen molar-refractivity contribution in [3.8, 4) is 0 Å². The summed E-state index contributed by atoms with van der Waals surface area (Å²) in [5.41, 5.74) is 2.50. The average molecular weight is 303 g/mol. The van der Waals surface area contributed by atoms with E-state index in [2.05, 4.69) is 30.3 Å². The van der Waals surface area contributed by atoms with Crippen LogP contribution in [0.3, 0.4) is 0 Å². The minimum atomic E-state index is 0.436. The number of nitrogens with one attached hydrogen (secondary N) is 2. The number of aryl methyl sites for hydroxylation is 1. The van der Waals surface area contributed by atoms with Crippen molar-refractivity contribution >= 4 is 33.3 Å². The Labute approximate surface area is 126 Å². The van der Waals surface area contributed by atoms with Gasteiger partial charge < -0.3 is 9.88 Å². The predicted molar refractivity (Wildman–Crippen MR) is 85.2 cm³/mol. The molecule has 21 heavy (non-hydrogen) atoms. The molecule has 0 saturated carbocycles. The van der Waals surface area contributed by atoms with Gasteiger partial charge in [-0.05, 0) is 24.3 Å². The number of thiophene rings is 1. The Morgan fingerprint density at radius 1 is 1.29 bits per heavy atom. The van der Waals surface area contributed by atoms with E-state index in [1.54, 1.807) is 17.5 Å². The van der Waals surface area contributed by atoms with Gasteiger partial charge in [-0.2, -0.15) is 4.98 Å². The third-order valence-corrected chi connectivity index (χ3v) is 3.96. The summed E-state index contributed by atoms with van der Waals surface area (Å²) < 4.78 is 2.08. The van der Waals surface area contributed by atoms with E-state index in [9.17, 15) is 0 Å². The zero-order valence-corrected chi connectivity index (χ0v) is 12.3. The van der Waals surface area contributed by atoms with Crippen molar-refractivity contribution in [3.05, 3.63) is 30.2 Å². The highest BCUT2D eigenvalue weighted by atomic mass is 32.1. The first-order valence-corrected chi connectivity index (χ1v) is 7.66. The standard InChI is InChI=1S/C13H17N7S/c14-19-13-17-11(10-3-8-21-12(10)18-13)16-4-1-2-6-20-7-5-15-9-20/h3,5,7-9H,1-2,4,6,14H2,(H2,16,17,18,19). The molecule has 0 bridgehead atoms. The normalized spacial score (nSPS) is 10.9. The maximum Gasteiger partial charge on any atom is 0.240 e. The number of hydrogen-bond donors (Lipinski definition) is 3. The van der Waals surface area contributed by atoms with Crippen LogP contribution in [-0.4, -0.2) is 26.1 Å². The Hall–Kier alpha value is -2.19. The molecule has 0 aliphatic rings. The fourth-order valence-electron chi connectivity index (χ4n) is 2.10. The first kappa shape index (κ1) is 13.8. The molecule has 0 radical (unpaired) electrons. The quantitative estimate of drug-likeness (QED) is 0.351. The van der Waals surface area contributed by atoms with Gasteiger partial charge in [0.1, 0.15) is 10.6 Å². The molecule has 3 heterocycles. The number of nitrogen functional groups attached to an aromatic ring is 1. The maximum absolute atomic E-state index is 5.40. The number of hydrogen-bond acceptors (Lipinski definition) is 7. The second kappa shape index (κ2) is 6.51. The van der Waals surface area contributed by atoms with Gasteiger partial charge in [0.15, 0.2) is 0 Å². The van der Waals surface area contributed by atoms with Crippen molar-refractivity contribution in [3.63, 3.8) is 0 Å². The van der Waals surface area contributed by atoms with Crippen molar-refractivity contribution in [2.45, 2.75) is 19.4 Å². The molecular weight excluding hydrogens is 286 g/mol. The number of hydrazine groups is 1. The summed E-state index contributed by atoms with van der Waals surface area (Å²) in [4.78, 5) is 13.6. The van der Waals surface area contributed by atoms with E-state index >= 15 is 0 Å². The number of nitrogens with zero attached hydrogens (tertiary/aromatic N) is 4. The number of nitrogens with two attached hydrogens (primary N) is 1. The third-order valence-electron chi connectivity index (χ3n) is 3.15. The molecule has 0 amide bonds. The Balaban J connectivity index is 1.56. The minimum absolute atomic E-state index is 0.436. The van der Waals surface area contributed by atoms with E-state index in [0.717, 1.165) is 42.0 Å². The number of anilines is 2. The van der Waals surface area contributed by atoms with Crippen LogP contribution in [0.2, 0.25) is 0 Å². The van der Waals surface area contributed by atoms with Crippen LogP contribution >= 0.6 is 11.3 Å². The van der Waals surface area contributed by atoms with Crippen LogP contribution in [0.4, 0.5) is 11.8 Å². The van der Waals surface area contributed by atoms with E-state index in [4.69, 9.17) is 5.84 Å². The van der Waals surface area contributed by atoms with Gasteiger partial charge >= 0.3 is 0 Å². The van der Waals surface area contributed by atoms with Gasteiger partial charge in [-0.25, -0.2) is 15.8 Å². The lowest BCUT2D eigenvalue weighted by molar-refractivity contribution is 0.621. The van der Waals surface area contributed by atoms with Crippen LogP contribution in [0.15, 0.2) is 30.2 Å². The molecule has 7 nitrogen and oxygen atoms in total. The van der Waals surface area contributed by atoms with Gasteiger partial charge in [-0.3, -0.25) is 5.43 Å². The average Bonchev–Trinajstić information content (AvgIpc) is 3.17. The number of fused-ring (bicyclic) bond motifs is 1. The first-order valence-electron chi connectivity index (χ1n) is 6.78. The Kier molecular flexibility index (Phi) is 4.27. The highest BCUT2D eigenvalue weighted by Crippen LogP contribution is 2.26. The molecule has 3 rings (SSSR count). The van der Waals surface area contributed by atoms with Gasteiger partial charge in [0.2, 0.25) is 5.95 Å². The molecule has 8 heteroatoms. The lowest BCUT2D eigenvalue weighted by atomic mass is 10.3. The van der Waals surface area contributed by atoms with Crippen molar-refractivity contribution < 1.29 is 0 Å². The molecule has 0 fully saturated rings. The van der Waals surface area contributed by atoms with Crippen molar-refractivity contribution in [2.75, 3.05) is 17.3 Å². The largest absolute Gasteiger partial charge is 0.369 e. The Morgan fingerprint density at radius 3 is 3.05 bits per heavy atom. The molecule has 110 valence electrons. The third kappa shape index (κ3) is 3.29. The molecule has 0 spiro atoms. The minimum Gasteiger partial charge on any atom is -0.369 e. The van der Waals surface area contributed by atoms with Gasteiger partial charge in [-0.15, -0.1) is 11.3 Å². The number of imidazole rings is 1. The highest BCUT2D eigenvalue weighted by Gasteiger charge is 2.07. The van der Waals surface area contributed by atoms with Crippen LogP contribution in [0.25, 0.3) is 10.2 Å². The van der Waals surface area contributed by atoms with E-state index in [1.165, 1.54) is 0 Å².